The molecule has 0 unspecified atom stereocenters. The van der Waals surface area contributed by atoms with Crippen LogP contribution in [0.3, 0.4) is 0 Å². The summed E-state index contributed by atoms with van der Waals surface area (Å²) in [4.78, 5) is 12.0. The maximum absolute atomic E-state index is 12.5. The second-order valence-corrected chi connectivity index (χ2v) is 9.48. The summed E-state index contributed by atoms with van der Waals surface area (Å²) in [6.07, 6.45) is 0. The summed E-state index contributed by atoms with van der Waals surface area (Å²) in [7, 11) is -2.53. The molecule has 0 amide bonds. The van der Waals surface area contributed by atoms with E-state index in [-0.39, 0.29) is 4.21 Å². The molecule has 0 saturated heterocycles. The highest BCUT2D eigenvalue weighted by Gasteiger charge is 2.17. The van der Waals surface area contributed by atoms with E-state index in [9.17, 15) is 13.2 Å². The fourth-order valence-corrected chi connectivity index (χ4v) is 6.07. The van der Waals surface area contributed by atoms with Crippen LogP contribution in [0.25, 0.3) is 10.2 Å². The zero-order valence-corrected chi connectivity index (χ0v) is 16.4. The van der Waals surface area contributed by atoms with Crippen LogP contribution in [0, 0.1) is 0 Å². The van der Waals surface area contributed by atoms with E-state index < -0.39 is 16.0 Å². The summed E-state index contributed by atoms with van der Waals surface area (Å²) < 4.78 is 36.7. The average Bonchev–Trinajstić information content (AvgIpc) is 3.16. The first-order chi connectivity index (χ1) is 11.9. The largest absolute Gasteiger partial charge is 0.465 e. The molecule has 0 radical (unpaired) electrons. The Morgan fingerprint density at radius 3 is 2.64 bits per heavy atom. The SMILES string of the molecule is CCn1/c(=N/S(=O)(=O)c2ccc(Cl)s2)sc2cc(C(=O)OC)ccc21. The summed E-state index contributed by atoms with van der Waals surface area (Å²) in [5.41, 5.74) is 1.21. The van der Waals surface area contributed by atoms with E-state index in [4.69, 9.17) is 16.3 Å². The zero-order valence-electron chi connectivity index (χ0n) is 13.2. The monoisotopic (exact) mass is 416 g/mol. The third kappa shape index (κ3) is 3.50. The molecule has 132 valence electrons. The van der Waals surface area contributed by atoms with Crippen molar-refractivity contribution in [2.24, 2.45) is 4.40 Å². The number of thiophene rings is 1. The molecule has 25 heavy (non-hydrogen) atoms. The Labute approximate surface area is 157 Å². The summed E-state index contributed by atoms with van der Waals surface area (Å²) in [6, 6.07) is 8.03. The van der Waals surface area contributed by atoms with Gasteiger partial charge in [-0.3, -0.25) is 0 Å². The van der Waals surface area contributed by atoms with Crippen molar-refractivity contribution >= 4 is 60.5 Å². The van der Waals surface area contributed by atoms with Crippen molar-refractivity contribution < 1.29 is 17.9 Å². The highest BCUT2D eigenvalue weighted by Crippen LogP contribution is 2.27. The van der Waals surface area contributed by atoms with Gasteiger partial charge in [0.2, 0.25) is 4.80 Å². The van der Waals surface area contributed by atoms with E-state index in [2.05, 4.69) is 4.40 Å². The lowest BCUT2D eigenvalue weighted by Crippen LogP contribution is -2.15. The van der Waals surface area contributed by atoms with Gasteiger partial charge >= 0.3 is 5.97 Å². The Morgan fingerprint density at radius 2 is 2.04 bits per heavy atom. The van der Waals surface area contributed by atoms with Gasteiger partial charge in [-0.1, -0.05) is 22.9 Å². The number of halogens is 1. The van der Waals surface area contributed by atoms with Crippen molar-refractivity contribution in [2.45, 2.75) is 17.7 Å². The number of methoxy groups -OCH3 is 1. The van der Waals surface area contributed by atoms with Crippen LogP contribution in [-0.4, -0.2) is 26.1 Å². The van der Waals surface area contributed by atoms with Crippen LogP contribution in [0.4, 0.5) is 0 Å². The summed E-state index contributed by atoms with van der Waals surface area (Å²) in [5.74, 6) is -0.447. The van der Waals surface area contributed by atoms with E-state index in [1.807, 2.05) is 6.92 Å². The molecule has 0 saturated carbocycles. The van der Waals surface area contributed by atoms with Crippen LogP contribution in [0.5, 0.6) is 0 Å². The van der Waals surface area contributed by atoms with Crippen molar-refractivity contribution in [3.8, 4) is 0 Å². The number of nitrogens with zero attached hydrogens (tertiary/aromatic N) is 2. The minimum absolute atomic E-state index is 0.0906. The van der Waals surface area contributed by atoms with Gasteiger partial charge < -0.3 is 9.30 Å². The zero-order chi connectivity index (χ0) is 18.2. The molecule has 0 aliphatic rings. The lowest BCUT2D eigenvalue weighted by atomic mass is 10.2. The van der Waals surface area contributed by atoms with Crippen LogP contribution in [-0.2, 0) is 21.3 Å². The summed E-state index contributed by atoms with van der Waals surface area (Å²) in [6.45, 7) is 2.44. The van der Waals surface area contributed by atoms with Crippen LogP contribution < -0.4 is 4.80 Å². The lowest BCUT2D eigenvalue weighted by Gasteiger charge is -2.02. The molecule has 0 bridgehead atoms. The molecule has 2 aromatic heterocycles. The van der Waals surface area contributed by atoms with Gasteiger partial charge in [0, 0.05) is 6.54 Å². The molecule has 0 atom stereocenters. The fraction of sp³-hybridized carbons (Fsp3) is 0.200. The highest BCUT2D eigenvalue weighted by molar-refractivity contribution is 7.92. The lowest BCUT2D eigenvalue weighted by molar-refractivity contribution is 0.0601. The minimum atomic E-state index is -3.85. The third-order valence-corrected chi connectivity index (χ3v) is 7.54. The molecule has 0 fully saturated rings. The number of esters is 1. The molecule has 0 N–H and O–H groups in total. The number of aromatic nitrogens is 1. The quantitative estimate of drug-likeness (QED) is 0.609. The smallest absolute Gasteiger partial charge is 0.337 e. The second kappa shape index (κ2) is 6.91. The molecule has 0 spiro atoms. The van der Waals surface area contributed by atoms with Gasteiger partial charge in [0.1, 0.15) is 4.21 Å². The van der Waals surface area contributed by atoms with Gasteiger partial charge in [-0.2, -0.15) is 8.42 Å². The fourth-order valence-electron chi connectivity index (χ4n) is 2.28. The number of carbonyl (C=O) groups is 1. The number of aryl methyl sites for hydroxylation is 1. The first-order valence-electron chi connectivity index (χ1n) is 7.13. The molecule has 3 rings (SSSR count). The normalized spacial score (nSPS) is 12.7. The van der Waals surface area contributed by atoms with E-state index in [1.54, 1.807) is 22.8 Å². The highest BCUT2D eigenvalue weighted by atomic mass is 35.5. The number of rotatable bonds is 4. The van der Waals surface area contributed by atoms with Gasteiger partial charge in [0.25, 0.3) is 10.0 Å². The number of hydrogen-bond donors (Lipinski definition) is 0. The third-order valence-electron chi connectivity index (χ3n) is 3.42. The van der Waals surface area contributed by atoms with Crippen molar-refractivity contribution in [3.63, 3.8) is 0 Å². The number of thiazole rings is 1. The predicted molar refractivity (Wildman–Crippen MR) is 98.9 cm³/mol. The second-order valence-electron chi connectivity index (χ2n) is 4.93. The average molecular weight is 417 g/mol. The van der Waals surface area contributed by atoms with Gasteiger partial charge in [0.05, 0.1) is 27.2 Å². The first-order valence-corrected chi connectivity index (χ1v) is 10.6. The topological polar surface area (TPSA) is 77.7 Å². The molecule has 0 aliphatic heterocycles. The molecule has 10 heteroatoms. The van der Waals surface area contributed by atoms with Crippen LogP contribution in [0.15, 0.2) is 38.9 Å². The summed E-state index contributed by atoms with van der Waals surface area (Å²) >= 11 is 7.98. The van der Waals surface area contributed by atoms with Crippen molar-refractivity contribution in [1.82, 2.24) is 4.57 Å². The first kappa shape index (κ1) is 18.1. The number of hydrogen-bond acceptors (Lipinski definition) is 6. The summed E-state index contributed by atoms with van der Waals surface area (Å²) in [5, 5.41) is 0. The predicted octanol–water partition coefficient (Wildman–Crippen LogP) is 3.51. The molecule has 2 heterocycles. The van der Waals surface area contributed by atoms with Gasteiger partial charge in [0.15, 0.2) is 0 Å². The maximum atomic E-state index is 12.5. The number of sulfonamides is 1. The Bertz CT molecular complexity index is 1130. The molecular weight excluding hydrogens is 404 g/mol. The van der Waals surface area contributed by atoms with E-state index in [0.29, 0.717) is 21.2 Å². The Morgan fingerprint density at radius 1 is 1.28 bits per heavy atom. The molecule has 6 nitrogen and oxygen atoms in total. The number of carbonyl (C=O) groups excluding carboxylic acids is 1. The number of ether oxygens (including phenoxy) is 1. The van der Waals surface area contributed by atoms with Crippen LogP contribution in [0.2, 0.25) is 4.34 Å². The van der Waals surface area contributed by atoms with Crippen LogP contribution in [0.1, 0.15) is 17.3 Å². The van der Waals surface area contributed by atoms with E-state index >= 15 is 0 Å². The van der Waals surface area contributed by atoms with Gasteiger partial charge in [-0.15, -0.1) is 15.7 Å². The van der Waals surface area contributed by atoms with Crippen molar-refractivity contribution in [3.05, 3.63) is 45.0 Å². The number of benzene rings is 1. The Balaban J connectivity index is 2.20. The maximum Gasteiger partial charge on any atom is 0.337 e. The minimum Gasteiger partial charge on any atom is -0.465 e. The Hall–Kier alpha value is -1.68. The van der Waals surface area contributed by atoms with E-state index in [1.165, 1.54) is 30.6 Å². The molecule has 3 aromatic rings. The van der Waals surface area contributed by atoms with E-state index in [0.717, 1.165) is 21.6 Å². The Kier molecular flexibility index (Phi) is 5.01. The molecule has 0 aliphatic carbocycles. The van der Waals surface area contributed by atoms with Crippen molar-refractivity contribution in [2.75, 3.05) is 7.11 Å². The van der Waals surface area contributed by atoms with Crippen molar-refractivity contribution in [1.29, 1.82) is 0 Å². The van der Waals surface area contributed by atoms with Crippen LogP contribution >= 0.6 is 34.3 Å². The van der Waals surface area contributed by atoms with Gasteiger partial charge in [-0.05, 0) is 37.3 Å². The standard InChI is InChI=1S/C15H13ClN2O4S3/c1-3-18-10-5-4-9(14(19)22-2)8-11(10)23-15(18)17-25(20,21)13-7-6-12(16)24-13/h4-8H,3H2,1-2H3/b17-15-. The molecule has 1 aromatic carbocycles. The molecular formula is C15H13ClN2O4S3. The van der Waals surface area contributed by atoms with Gasteiger partial charge in [-0.25, -0.2) is 4.79 Å². The number of fused-ring (bicyclic) bond motifs is 1.